The van der Waals surface area contributed by atoms with Crippen LogP contribution in [0.3, 0.4) is 0 Å². The van der Waals surface area contributed by atoms with Crippen LogP contribution in [0, 0.1) is 5.92 Å². The van der Waals surface area contributed by atoms with Crippen LogP contribution in [-0.4, -0.2) is 9.97 Å². The van der Waals surface area contributed by atoms with Crippen molar-refractivity contribution in [2.45, 2.75) is 33.2 Å². The summed E-state index contributed by atoms with van der Waals surface area (Å²) in [5, 5.41) is 0. The lowest BCUT2D eigenvalue weighted by Crippen LogP contribution is -2.18. The highest BCUT2D eigenvalue weighted by Gasteiger charge is 2.14. The molecule has 0 bridgehead atoms. The summed E-state index contributed by atoms with van der Waals surface area (Å²) in [4.78, 5) is 7.69. The first-order chi connectivity index (χ1) is 8.61. The number of rotatable bonds is 4. The van der Waals surface area contributed by atoms with E-state index in [9.17, 15) is 0 Å². The van der Waals surface area contributed by atoms with Gasteiger partial charge in [-0.05, 0) is 23.5 Å². The van der Waals surface area contributed by atoms with E-state index in [1.54, 1.807) is 0 Å². The van der Waals surface area contributed by atoms with Crippen LogP contribution in [0.25, 0.3) is 11.3 Å². The highest BCUT2D eigenvalue weighted by atomic mass is 15.0. The molecule has 0 amide bonds. The van der Waals surface area contributed by atoms with E-state index in [0.29, 0.717) is 5.92 Å². The summed E-state index contributed by atoms with van der Waals surface area (Å²) in [5.41, 5.74) is 9.61. The molecule has 1 atom stereocenters. The third-order valence-electron chi connectivity index (χ3n) is 3.30. The van der Waals surface area contributed by atoms with E-state index in [0.717, 1.165) is 23.5 Å². The van der Waals surface area contributed by atoms with Gasteiger partial charge in [-0.2, -0.15) is 0 Å². The van der Waals surface area contributed by atoms with Gasteiger partial charge in [-0.25, -0.2) is 4.98 Å². The summed E-state index contributed by atoms with van der Waals surface area (Å²) in [7, 11) is 0. The Labute approximate surface area is 108 Å². The molecule has 1 unspecified atom stereocenters. The summed E-state index contributed by atoms with van der Waals surface area (Å²) in [5.74, 6) is 1.24. The maximum Gasteiger partial charge on any atom is 0.123 e. The molecule has 96 valence electrons. The van der Waals surface area contributed by atoms with Crippen molar-refractivity contribution in [1.29, 1.82) is 0 Å². The molecule has 0 saturated carbocycles. The summed E-state index contributed by atoms with van der Waals surface area (Å²) in [6.07, 6.45) is 2.92. The van der Waals surface area contributed by atoms with Gasteiger partial charge in [0.15, 0.2) is 0 Å². The monoisotopic (exact) mass is 243 g/mol. The van der Waals surface area contributed by atoms with Crippen LogP contribution < -0.4 is 5.73 Å². The summed E-state index contributed by atoms with van der Waals surface area (Å²) in [6, 6.07) is 8.51. The highest BCUT2D eigenvalue weighted by molar-refractivity contribution is 5.58. The minimum Gasteiger partial charge on any atom is -0.341 e. The molecule has 0 aliphatic heterocycles. The Kier molecular flexibility index (Phi) is 3.82. The number of aryl methyl sites for hydroxylation is 1. The third kappa shape index (κ3) is 2.62. The normalized spacial score (nSPS) is 12.9. The molecule has 1 aromatic carbocycles. The number of imidazole rings is 1. The van der Waals surface area contributed by atoms with Gasteiger partial charge in [0.05, 0.1) is 17.9 Å². The van der Waals surface area contributed by atoms with Crippen molar-refractivity contribution < 1.29 is 0 Å². The van der Waals surface area contributed by atoms with Crippen LogP contribution >= 0.6 is 0 Å². The average molecular weight is 243 g/mol. The van der Waals surface area contributed by atoms with Gasteiger partial charge in [0.1, 0.15) is 5.82 Å². The molecule has 0 saturated heterocycles. The van der Waals surface area contributed by atoms with Gasteiger partial charge >= 0.3 is 0 Å². The van der Waals surface area contributed by atoms with Crippen LogP contribution in [-0.2, 0) is 6.42 Å². The van der Waals surface area contributed by atoms with Crippen LogP contribution in [0.4, 0.5) is 0 Å². The Morgan fingerprint density at radius 2 is 1.89 bits per heavy atom. The van der Waals surface area contributed by atoms with E-state index in [4.69, 9.17) is 5.73 Å². The van der Waals surface area contributed by atoms with Gasteiger partial charge in [-0.1, -0.05) is 45.0 Å². The molecule has 2 aromatic rings. The molecule has 1 aromatic heterocycles. The standard InChI is InChI=1S/C15H21N3/c1-4-11-5-7-12(8-6-11)13-9-17-15(18-13)14(16)10(2)3/h5-10,14H,4,16H2,1-3H3,(H,17,18). The fraction of sp³-hybridized carbons (Fsp3) is 0.400. The zero-order valence-electron chi connectivity index (χ0n) is 11.3. The van der Waals surface area contributed by atoms with E-state index >= 15 is 0 Å². The molecule has 0 radical (unpaired) electrons. The van der Waals surface area contributed by atoms with Gasteiger partial charge in [-0.15, -0.1) is 0 Å². The molecule has 1 heterocycles. The minimum atomic E-state index is -0.0336. The molecule has 0 spiro atoms. The number of nitrogens with two attached hydrogens (primary N) is 1. The molecule has 0 fully saturated rings. The number of aromatic amines is 1. The highest BCUT2D eigenvalue weighted by Crippen LogP contribution is 2.22. The number of hydrogen-bond acceptors (Lipinski definition) is 2. The predicted octanol–water partition coefficient (Wildman–Crippen LogP) is 3.29. The van der Waals surface area contributed by atoms with Crippen LogP contribution in [0.15, 0.2) is 30.5 Å². The number of hydrogen-bond donors (Lipinski definition) is 2. The van der Waals surface area contributed by atoms with Crippen molar-refractivity contribution in [3.8, 4) is 11.3 Å². The van der Waals surface area contributed by atoms with Crippen molar-refractivity contribution in [2.75, 3.05) is 0 Å². The summed E-state index contributed by atoms with van der Waals surface area (Å²) in [6.45, 7) is 6.36. The molecule has 0 aliphatic carbocycles. The van der Waals surface area contributed by atoms with Gasteiger partial charge in [0.2, 0.25) is 0 Å². The number of H-pyrrole nitrogens is 1. The molecule has 2 rings (SSSR count). The molecule has 3 nitrogen and oxygen atoms in total. The maximum atomic E-state index is 6.08. The molecule has 0 aliphatic rings. The van der Waals surface area contributed by atoms with E-state index < -0.39 is 0 Å². The Morgan fingerprint density at radius 1 is 1.22 bits per heavy atom. The fourth-order valence-electron chi connectivity index (χ4n) is 1.89. The quantitative estimate of drug-likeness (QED) is 0.865. The van der Waals surface area contributed by atoms with Crippen LogP contribution in [0.5, 0.6) is 0 Å². The Morgan fingerprint density at radius 3 is 2.44 bits per heavy atom. The topological polar surface area (TPSA) is 54.7 Å². The maximum absolute atomic E-state index is 6.08. The van der Waals surface area contributed by atoms with Crippen molar-refractivity contribution in [3.05, 3.63) is 41.9 Å². The van der Waals surface area contributed by atoms with E-state index in [1.165, 1.54) is 5.56 Å². The summed E-state index contributed by atoms with van der Waals surface area (Å²) >= 11 is 0. The summed E-state index contributed by atoms with van der Waals surface area (Å²) < 4.78 is 0. The van der Waals surface area contributed by atoms with Gasteiger partial charge in [0, 0.05) is 0 Å². The second kappa shape index (κ2) is 5.36. The van der Waals surface area contributed by atoms with Crippen molar-refractivity contribution in [3.63, 3.8) is 0 Å². The Hall–Kier alpha value is -1.61. The lowest BCUT2D eigenvalue weighted by atomic mass is 10.1. The molecular formula is C15H21N3. The average Bonchev–Trinajstić information content (AvgIpc) is 2.87. The third-order valence-corrected chi connectivity index (χ3v) is 3.30. The second-order valence-corrected chi connectivity index (χ2v) is 5.00. The van der Waals surface area contributed by atoms with E-state index in [2.05, 4.69) is 55.0 Å². The lowest BCUT2D eigenvalue weighted by molar-refractivity contribution is 0.494. The van der Waals surface area contributed by atoms with Crippen molar-refractivity contribution in [2.24, 2.45) is 11.7 Å². The van der Waals surface area contributed by atoms with Crippen molar-refractivity contribution in [1.82, 2.24) is 9.97 Å². The largest absolute Gasteiger partial charge is 0.341 e. The van der Waals surface area contributed by atoms with Crippen LogP contribution in [0.2, 0.25) is 0 Å². The number of aromatic nitrogens is 2. The van der Waals surface area contributed by atoms with Gasteiger partial charge in [-0.3, -0.25) is 0 Å². The fourth-order valence-corrected chi connectivity index (χ4v) is 1.89. The molecule has 3 N–H and O–H groups in total. The Bertz CT molecular complexity index is 497. The predicted molar refractivity (Wildman–Crippen MR) is 75.2 cm³/mol. The first-order valence-corrected chi connectivity index (χ1v) is 6.51. The van der Waals surface area contributed by atoms with Crippen LogP contribution in [0.1, 0.15) is 38.2 Å². The smallest absolute Gasteiger partial charge is 0.123 e. The number of nitrogens with one attached hydrogen (secondary N) is 1. The SMILES string of the molecule is CCc1ccc(-c2cnc(C(N)C(C)C)[nH]2)cc1. The first kappa shape index (κ1) is 12.8. The zero-order chi connectivity index (χ0) is 13.1. The van der Waals surface area contributed by atoms with E-state index in [-0.39, 0.29) is 6.04 Å². The molecular weight excluding hydrogens is 222 g/mol. The lowest BCUT2D eigenvalue weighted by Gasteiger charge is -2.12. The molecule has 3 heteroatoms. The number of benzene rings is 1. The van der Waals surface area contributed by atoms with E-state index in [1.807, 2.05) is 6.20 Å². The zero-order valence-corrected chi connectivity index (χ0v) is 11.3. The van der Waals surface area contributed by atoms with Gasteiger partial charge in [0.25, 0.3) is 0 Å². The second-order valence-electron chi connectivity index (χ2n) is 5.00. The van der Waals surface area contributed by atoms with Gasteiger partial charge < -0.3 is 10.7 Å². The molecule has 18 heavy (non-hydrogen) atoms. The minimum absolute atomic E-state index is 0.0336. The number of nitrogens with zero attached hydrogens (tertiary/aromatic N) is 1. The van der Waals surface area contributed by atoms with Crippen molar-refractivity contribution >= 4 is 0 Å². The first-order valence-electron chi connectivity index (χ1n) is 6.51. The Balaban J connectivity index is 2.23.